The molecule has 1 aliphatic heterocycles. The van der Waals surface area contributed by atoms with E-state index >= 15 is 0 Å². The van der Waals surface area contributed by atoms with Crippen LogP contribution in [-0.2, 0) is 16.1 Å². The van der Waals surface area contributed by atoms with Crippen LogP contribution in [0.1, 0.15) is 25.8 Å². The largest absolute Gasteiger partial charge is 0.375 e. The molecule has 1 fully saturated rings. The second-order valence-corrected chi connectivity index (χ2v) is 7.15. The molecule has 6 heteroatoms. The Morgan fingerprint density at radius 2 is 2.12 bits per heavy atom. The van der Waals surface area contributed by atoms with Crippen molar-refractivity contribution in [2.45, 2.75) is 39.0 Å². The Kier molecular flexibility index (Phi) is 6.06. The van der Waals surface area contributed by atoms with Gasteiger partial charge in [-0.05, 0) is 37.6 Å². The van der Waals surface area contributed by atoms with Crippen LogP contribution in [0.5, 0.6) is 0 Å². The summed E-state index contributed by atoms with van der Waals surface area (Å²) in [5, 5.41) is 4.22. The molecule has 0 unspecified atom stereocenters. The van der Waals surface area contributed by atoms with Gasteiger partial charge in [-0.1, -0.05) is 12.1 Å². The molecular weight excluding hydrogens is 328 g/mol. The fourth-order valence-corrected chi connectivity index (χ4v) is 3.22. The summed E-state index contributed by atoms with van der Waals surface area (Å²) in [6.45, 7) is 7.44. The molecule has 0 spiro atoms. The monoisotopic (exact) mass is 356 g/mol. The molecule has 1 atom stereocenters. The Morgan fingerprint density at radius 1 is 1.35 bits per heavy atom. The number of hydrogen-bond donors (Lipinski definition) is 0. The van der Waals surface area contributed by atoms with Gasteiger partial charge in [0.1, 0.15) is 0 Å². The van der Waals surface area contributed by atoms with Crippen LogP contribution >= 0.6 is 0 Å². The number of ether oxygens (including phenoxy) is 1. The average molecular weight is 356 g/mol. The summed E-state index contributed by atoms with van der Waals surface area (Å²) in [5.41, 5.74) is 2.11. The third-order valence-corrected chi connectivity index (χ3v) is 4.85. The van der Waals surface area contributed by atoms with Gasteiger partial charge in [0.25, 0.3) is 0 Å². The summed E-state index contributed by atoms with van der Waals surface area (Å²) in [4.78, 5) is 16.7. The highest BCUT2D eigenvalue weighted by Gasteiger charge is 2.25. The van der Waals surface area contributed by atoms with Crippen LogP contribution in [0.15, 0.2) is 42.7 Å². The van der Waals surface area contributed by atoms with Gasteiger partial charge >= 0.3 is 0 Å². The first-order valence-corrected chi connectivity index (χ1v) is 9.21. The number of benzene rings is 1. The van der Waals surface area contributed by atoms with Crippen LogP contribution in [0.2, 0.25) is 0 Å². The molecule has 0 aliphatic carbocycles. The summed E-state index contributed by atoms with van der Waals surface area (Å²) in [7, 11) is 1.85. The number of rotatable bonds is 6. The lowest BCUT2D eigenvalue weighted by molar-refractivity contribution is -0.135. The lowest BCUT2D eigenvalue weighted by Gasteiger charge is -2.35. The first-order chi connectivity index (χ1) is 12.5. The standard InChI is InChI=1S/C20H28N4O2/c1-16(2)23-11-12-26-19(15-23)13-20(25)22(3)14-17-5-7-18(8-6-17)24-10-4-9-21-24/h4-10,16,19H,11-15H2,1-3H3/t19-/m0/s1. The maximum atomic E-state index is 12.6. The number of carbonyl (C=O) groups excluding carboxylic acids is 1. The molecule has 1 saturated heterocycles. The normalized spacial score (nSPS) is 18.2. The van der Waals surface area contributed by atoms with Gasteiger partial charge in [0.2, 0.25) is 5.91 Å². The van der Waals surface area contributed by atoms with Gasteiger partial charge in [-0.25, -0.2) is 4.68 Å². The number of carbonyl (C=O) groups is 1. The molecule has 0 saturated carbocycles. The van der Waals surface area contributed by atoms with E-state index in [0.29, 0.717) is 25.6 Å². The van der Waals surface area contributed by atoms with Gasteiger partial charge in [-0.2, -0.15) is 5.10 Å². The minimum atomic E-state index is -0.0108. The second-order valence-electron chi connectivity index (χ2n) is 7.15. The molecule has 3 rings (SSSR count). The van der Waals surface area contributed by atoms with Crippen molar-refractivity contribution in [2.75, 3.05) is 26.7 Å². The van der Waals surface area contributed by atoms with Gasteiger partial charge in [-0.3, -0.25) is 9.69 Å². The number of morpholine rings is 1. The molecule has 140 valence electrons. The molecule has 0 N–H and O–H groups in total. The van der Waals surface area contributed by atoms with E-state index < -0.39 is 0 Å². The van der Waals surface area contributed by atoms with Crippen molar-refractivity contribution >= 4 is 5.91 Å². The topological polar surface area (TPSA) is 50.6 Å². The van der Waals surface area contributed by atoms with Crippen LogP contribution in [0, 0.1) is 0 Å². The van der Waals surface area contributed by atoms with E-state index in [1.807, 2.05) is 48.3 Å². The predicted octanol–water partition coefficient (Wildman–Crippen LogP) is 2.33. The van der Waals surface area contributed by atoms with Gasteiger partial charge in [-0.15, -0.1) is 0 Å². The molecule has 2 heterocycles. The minimum Gasteiger partial charge on any atom is -0.375 e. The Morgan fingerprint density at radius 3 is 2.77 bits per heavy atom. The van der Waals surface area contributed by atoms with Crippen molar-refractivity contribution in [3.63, 3.8) is 0 Å². The van der Waals surface area contributed by atoms with Crippen molar-refractivity contribution < 1.29 is 9.53 Å². The lowest BCUT2D eigenvalue weighted by Crippen LogP contribution is -2.47. The molecule has 1 aromatic heterocycles. The van der Waals surface area contributed by atoms with Gasteiger partial charge in [0.15, 0.2) is 0 Å². The highest BCUT2D eigenvalue weighted by atomic mass is 16.5. The summed E-state index contributed by atoms with van der Waals surface area (Å²) in [5.74, 6) is 0.122. The Hall–Kier alpha value is -2.18. The summed E-state index contributed by atoms with van der Waals surface area (Å²) in [6, 6.07) is 10.5. The molecule has 26 heavy (non-hydrogen) atoms. The zero-order valence-corrected chi connectivity index (χ0v) is 15.8. The Labute approximate surface area is 155 Å². The van der Waals surface area contributed by atoms with Crippen LogP contribution in [0.4, 0.5) is 0 Å². The third kappa shape index (κ3) is 4.71. The van der Waals surface area contributed by atoms with E-state index in [-0.39, 0.29) is 12.0 Å². The average Bonchev–Trinajstić information content (AvgIpc) is 3.17. The fourth-order valence-electron chi connectivity index (χ4n) is 3.22. The van der Waals surface area contributed by atoms with Crippen molar-refractivity contribution in [1.82, 2.24) is 19.6 Å². The Balaban J connectivity index is 1.52. The van der Waals surface area contributed by atoms with E-state index in [1.165, 1.54) is 0 Å². The van der Waals surface area contributed by atoms with E-state index in [2.05, 4.69) is 23.8 Å². The highest BCUT2D eigenvalue weighted by Crippen LogP contribution is 2.14. The molecular formula is C20H28N4O2. The molecule has 1 amide bonds. The Bertz CT molecular complexity index is 697. The van der Waals surface area contributed by atoms with Crippen LogP contribution in [0.3, 0.4) is 0 Å². The van der Waals surface area contributed by atoms with Crippen molar-refractivity contribution in [3.05, 3.63) is 48.3 Å². The van der Waals surface area contributed by atoms with Crippen molar-refractivity contribution in [2.24, 2.45) is 0 Å². The summed E-state index contributed by atoms with van der Waals surface area (Å²) < 4.78 is 7.61. The maximum Gasteiger partial charge on any atom is 0.225 e. The fraction of sp³-hybridized carbons (Fsp3) is 0.500. The molecule has 2 aromatic rings. The molecule has 0 radical (unpaired) electrons. The van der Waals surface area contributed by atoms with Gasteiger partial charge in [0, 0.05) is 45.1 Å². The van der Waals surface area contributed by atoms with E-state index in [1.54, 1.807) is 11.1 Å². The van der Waals surface area contributed by atoms with Gasteiger partial charge in [0.05, 0.1) is 24.8 Å². The van der Waals surface area contributed by atoms with Crippen molar-refractivity contribution in [3.8, 4) is 5.69 Å². The van der Waals surface area contributed by atoms with E-state index in [4.69, 9.17) is 4.74 Å². The maximum absolute atomic E-state index is 12.6. The third-order valence-electron chi connectivity index (χ3n) is 4.85. The first kappa shape index (κ1) is 18.6. The van der Waals surface area contributed by atoms with Gasteiger partial charge < -0.3 is 9.64 Å². The predicted molar refractivity (Wildman–Crippen MR) is 101 cm³/mol. The SMILES string of the molecule is CC(C)N1CCO[C@@H](CC(=O)N(C)Cc2ccc(-n3cccn3)cc2)C1. The van der Waals surface area contributed by atoms with Crippen LogP contribution in [0.25, 0.3) is 5.69 Å². The summed E-state index contributed by atoms with van der Waals surface area (Å²) >= 11 is 0. The van der Waals surface area contributed by atoms with E-state index in [0.717, 1.165) is 24.3 Å². The number of hydrogen-bond acceptors (Lipinski definition) is 4. The number of aromatic nitrogens is 2. The lowest BCUT2D eigenvalue weighted by atomic mass is 10.1. The molecule has 0 bridgehead atoms. The first-order valence-electron chi connectivity index (χ1n) is 9.21. The molecule has 1 aliphatic rings. The smallest absolute Gasteiger partial charge is 0.225 e. The zero-order valence-electron chi connectivity index (χ0n) is 15.8. The highest BCUT2D eigenvalue weighted by molar-refractivity contribution is 5.76. The number of amides is 1. The van der Waals surface area contributed by atoms with E-state index in [9.17, 15) is 4.79 Å². The minimum absolute atomic E-state index is 0.0108. The zero-order chi connectivity index (χ0) is 18.5. The molecule has 6 nitrogen and oxygen atoms in total. The summed E-state index contributed by atoms with van der Waals surface area (Å²) in [6.07, 6.45) is 4.09. The van der Waals surface area contributed by atoms with Crippen LogP contribution in [-0.4, -0.2) is 64.4 Å². The van der Waals surface area contributed by atoms with Crippen LogP contribution < -0.4 is 0 Å². The molecule has 1 aromatic carbocycles. The van der Waals surface area contributed by atoms with Crippen molar-refractivity contribution in [1.29, 1.82) is 0 Å². The quantitative estimate of drug-likeness (QED) is 0.797. The second kappa shape index (κ2) is 8.47. The number of nitrogens with zero attached hydrogens (tertiary/aromatic N) is 4.